The Bertz CT molecular complexity index is 488. The fraction of sp³-hybridized carbons (Fsp3) is 0. The molecule has 0 radical (unpaired) electrons. The molecule has 0 amide bonds. The molecular formula is C6H3NO2S2. The van der Waals surface area contributed by atoms with Crippen molar-refractivity contribution in [2.45, 2.75) is 0 Å². The molecule has 2 aliphatic rings. The lowest BCUT2D eigenvalue weighted by Gasteiger charge is -1.74. The number of hydrogen-bond donors (Lipinski definition) is 1. The highest BCUT2D eigenvalue weighted by Crippen LogP contribution is 1.99. The van der Waals surface area contributed by atoms with Crippen LogP contribution >= 0.6 is 23.1 Å². The molecule has 1 N–H and O–H groups in total. The zero-order valence-corrected chi connectivity index (χ0v) is 6.92. The van der Waals surface area contributed by atoms with Gasteiger partial charge in [-0.15, -0.1) is 0 Å². The molecule has 0 bridgehead atoms. The van der Waals surface area contributed by atoms with Gasteiger partial charge in [0.2, 0.25) is 0 Å². The minimum absolute atomic E-state index is 0.0814. The lowest BCUT2D eigenvalue weighted by molar-refractivity contribution is 1.48. The van der Waals surface area contributed by atoms with Crippen LogP contribution in [0.3, 0.4) is 0 Å². The first-order chi connectivity index (χ1) is 5.29. The summed E-state index contributed by atoms with van der Waals surface area (Å²) in [6.07, 6.45) is 0. The standard InChI is InChI=1S/C6H3NO2S2/c8-3-1-2-4(9)6-5(3)10-7-11-6/h1-2,7H. The summed E-state index contributed by atoms with van der Waals surface area (Å²) in [6.45, 7) is 0. The first-order valence-corrected chi connectivity index (χ1v) is 4.52. The van der Waals surface area contributed by atoms with Gasteiger partial charge in [-0.3, -0.25) is 13.4 Å². The minimum atomic E-state index is -0.0814. The number of nitrogens with one attached hydrogen (secondary N) is 1. The van der Waals surface area contributed by atoms with E-state index < -0.39 is 0 Å². The second-order valence-corrected chi connectivity index (χ2v) is 3.90. The van der Waals surface area contributed by atoms with Gasteiger partial charge in [-0.25, -0.2) is 0 Å². The maximum atomic E-state index is 11.1. The van der Waals surface area contributed by atoms with Crippen LogP contribution in [0.4, 0.5) is 0 Å². The first-order valence-electron chi connectivity index (χ1n) is 2.89. The average Bonchev–Trinajstić information content (AvgIpc) is 2.45. The number of aromatic amines is 1. The summed E-state index contributed by atoms with van der Waals surface area (Å²) >= 11 is 2.42. The molecule has 1 aliphatic heterocycles. The van der Waals surface area contributed by atoms with Crippen LogP contribution in [0.1, 0.15) is 0 Å². The highest BCUT2D eigenvalue weighted by molar-refractivity contribution is 7.18. The zero-order valence-electron chi connectivity index (χ0n) is 5.29. The van der Waals surface area contributed by atoms with E-state index in [-0.39, 0.29) is 10.9 Å². The van der Waals surface area contributed by atoms with Crippen LogP contribution in [0.2, 0.25) is 0 Å². The zero-order chi connectivity index (χ0) is 7.84. The maximum Gasteiger partial charge on any atom is 0.199 e. The van der Waals surface area contributed by atoms with Crippen LogP contribution in [0.5, 0.6) is 0 Å². The maximum absolute atomic E-state index is 11.1. The van der Waals surface area contributed by atoms with E-state index >= 15 is 0 Å². The van der Waals surface area contributed by atoms with Crippen molar-refractivity contribution in [2.75, 3.05) is 0 Å². The Labute approximate surface area is 68.9 Å². The SMILES string of the molecule is O=c1ccc(=O)c2s[nH]sc1=2. The monoisotopic (exact) mass is 185 g/mol. The van der Waals surface area contributed by atoms with Crippen molar-refractivity contribution in [1.29, 1.82) is 0 Å². The summed E-state index contributed by atoms with van der Waals surface area (Å²) in [5.41, 5.74) is -0.163. The van der Waals surface area contributed by atoms with Crippen molar-refractivity contribution in [1.82, 2.24) is 3.76 Å². The molecule has 5 heteroatoms. The average molecular weight is 185 g/mol. The van der Waals surface area contributed by atoms with E-state index in [1.807, 2.05) is 0 Å². The minimum Gasteiger partial charge on any atom is -0.288 e. The fourth-order valence-electron chi connectivity index (χ4n) is 0.824. The van der Waals surface area contributed by atoms with Gasteiger partial charge in [-0.1, -0.05) is 0 Å². The fourth-order valence-corrected chi connectivity index (χ4v) is 2.63. The van der Waals surface area contributed by atoms with Crippen LogP contribution in [-0.4, -0.2) is 3.76 Å². The van der Waals surface area contributed by atoms with Gasteiger partial charge in [0.25, 0.3) is 0 Å². The van der Waals surface area contributed by atoms with Gasteiger partial charge in [0, 0.05) is 0 Å². The lowest BCUT2D eigenvalue weighted by atomic mass is 10.4. The molecule has 11 heavy (non-hydrogen) atoms. The molecule has 2 rings (SSSR count). The Morgan fingerprint density at radius 2 is 1.45 bits per heavy atom. The second-order valence-electron chi connectivity index (χ2n) is 2.01. The predicted molar refractivity (Wildman–Crippen MR) is 44.4 cm³/mol. The second kappa shape index (κ2) is 2.28. The molecule has 1 aliphatic carbocycles. The Morgan fingerprint density at radius 3 is 1.91 bits per heavy atom. The molecule has 0 spiro atoms. The first kappa shape index (κ1) is 6.75. The van der Waals surface area contributed by atoms with Crippen molar-refractivity contribution in [3.8, 4) is 0 Å². The highest BCUT2D eigenvalue weighted by atomic mass is 32.2. The van der Waals surface area contributed by atoms with E-state index in [1.165, 1.54) is 35.2 Å². The molecule has 0 unspecified atom stereocenters. The molecule has 1 heterocycles. The van der Waals surface area contributed by atoms with Crippen LogP contribution in [-0.2, 0) is 0 Å². The lowest BCUT2D eigenvalue weighted by Crippen LogP contribution is -2.07. The van der Waals surface area contributed by atoms with Crippen molar-refractivity contribution in [2.24, 2.45) is 0 Å². The van der Waals surface area contributed by atoms with Crippen molar-refractivity contribution in [3.63, 3.8) is 0 Å². The molecule has 0 fully saturated rings. The Kier molecular flexibility index (Phi) is 1.40. The van der Waals surface area contributed by atoms with Crippen molar-refractivity contribution in [3.05, 3.63) is 41.6 Å². The van der Waals surface area contributed by atoms with E-state index in [4.69, 9.17) is 0 Å². The quantitative estimate of drug-likeness (QED) is 0.652. The topological polar surface area (TPSA) is 49.9 Å². The smallest absolute Gasteiger partial charge is 0.199 e. The Balaban J connectivity index is 3.35. The Morgan fingerprint density at radius 1 is 1.00 bits per heavy atom. The molecule has 0 saturated carbocycles. The largest absolute Gasteiger partial charge is 0.288 e. The molecule has 3 nitrogen and oxygen atoms in total. The number of aromatic nitrogens is 1. The normalized spacial score (nSPS) is 10.5. The van der Waals surface area contributed by atoms with E-state index in [2.05, 4.69) is 3.76 Å². The van der Waals surface area contributed by atoms with Gasteiger partial charge in [-0.05, 0) is 35.2 Å². The molecule has 0 aromatic carbocycles. The van der Waals surface area contributed by atoms with E-state index in [0.29, 0.717) is 9.06 Å². The molecule has 0 aromatic rings. The third kappa shape index (κ3) is 0.928. The van der Waals surface area contributed by atoms with Gasteiger partial charge in [0.15, 0.2) is 10.9 Å². The van der Waals surface area contributed by atoms with Gasteiger partial charge >= 0.3 is 0 Å². The van der Waals surface area contributed by atoms with Gasteiger partial charge in [0.1, 0.15) is 9.06 Å². The molecule has 56 valence electrons. The molecule has 0 saturated heterocycles. The summed E-state index contributed by atoms with van der Waals surface area (Å²) in [6, 6.07) is 2.61. The van der Waals surface area contributed by atoms with Gasteiger partial charge < -0.3 is 0 Å². The number of rotatable bonds is 0. The molecule has 0 atom stereocenters. The Hall–Kier alpha value is -0.940. The summed E-state index contributed by atoms with van der Waals surface area (Å²) in [4.78, 5) is 22.1. The predicted octanol–water partition coefficient (Wildman–Crippen LogP) is 0.583. The van der Waals surface area contributed by atoms with Gasteiger partial charge in [0.05, 0.1) is 0 Å². The van der Waals surface area contributed by atoms with E-state index in [9.17, 15) is 9.59 Å². The summed E-state index contributed by atoms with van der Waals surface area (Å²) in [7, 11) is 0. The van der Waals surface area contributed by atoms with Crippen LogP contribution in [0.25, 0.3) is 0 Å². The third-order valence-corrected chi connectivity index (χ3v) is 3.34. The summed E-state index contributed by atoms with van der Waals surface area (Å²) in [5.74, 6) is 0. The van der Waals surface area contributed by atoms with Crippen LogP contribution in [0, 0.1) is 9.06 Å². The number of hydrogen-bond acceptors (Lipinski definition) is 4. The summed E-state index contributed by atoms with van der Waals surface area (Å²) < 4.78 is 3.86. The molecule has 0 aromatic heterocycles. The third-order valence-electron chi connectivity index (χ3n) is 1.33. The number of H-pyrrole nitrogens is 1. The summed E-state index contributed by atoms with van der Waals surface area (Å²) in [5, 5.41) is 0. The van der Waals surface area contributed by atoms with Crippen LogP contribution in [0.15, 0.2) is 21.7 Å². The van der Waals surface area contributed by atoms with Gasteiger partial charge in [-0.2, -0.15) is 0 Å². The van der Waals surface area contributed by atoms with E-state index in [0.717, 1.165) is 0 Å². The molecular weight excluding hydrogens is 182 g/mol. The van der Waals surface area contributed by atoms with E-state index in [1.54, 1.807) is 0 Å². The van der Waals surface area contributed by atoms with Crippen molar-refractivity contribution >= 4 is 23.1 Å². The highest BCUT2D eigenvalue weighted by Gasteiger charge is 1.98. The van der Waals surface area contributed by atoms with Crippen LogP contribution < -0.4 is 10.9 Å². The van der Waals surface area contributed by atoms with Crippen molar-refractivity contribution < 1.29 is 0 Å².